The van der Waals surface area contributed by atoms with E-state index in [0.717, 1.165) is 17.7 Å². The zero-order valence-electron chi connectivity index (χ0n) is 18.7. The molecule has 2 aliphatic rings. The summed E-state index contributed by atoms with van der Waals surface area (Å²) >= 11 is 1.36. The number of urea groups is 1. The normalized spacial score (nSPS) is 19.2. The van der Waals surface area contributed by atoms with Crippen molar-refractivity contribution in [3.63, 3.8) is 0 Å². The first-order chi connectivity index (χ1) is 16.1. The Hall–Kier alpha value is -2.98. The quantitative estimate of drug-likeness (QED) is 0.674. The highest BCUT2D eigenvalue weighted by atomic mass is 32.1. The molecule has 2 atom stereocenters. The second kappa shape index (κ2) is 10.8. The van der Waals surface area contributed by atoms with Crippen LogP contribution < -0.4 is 10.6 Å². The monoisotopic (exact) mass is 471 g/mol. The average molecular weight is 472 g/mol. The summed E-state index contributed by atoms with van der Waals surface area (Å²) in [5.74, 6) is -0.468. The minimum Gasteiger partial charge on any atom is -0.378 e. The van der Waals surface area contributed by atoms with Gasteiger partial charge in [-0.15, -0.1) is 11.3 Å². The number of ether oxygens (including phenoxy) is 1. The maximum Gasteiger partial charge on any atom is 0.318 e. The van der Waals surface area contributed by atoms with Gasteiger partial charge in [0.1, 0.15) is 12.1 Å². The largest absolute Gasteiger partial charge is 0.378 e. The summed E-state index contributed by atoms with van der Waals surface area (Å²) in [5, 5.41) is 8.12. The zero-order valence-corrected chi connectivity index (χ0v) is 19.5. The van der Waals surface area contributed by atoms with Gasteiger partial charge in [-0.1, -0.05) is 37.3 Å². The molecule has 176 valence electrons. The first-order valence-corrected chi connectivity index (χ1v) is 12.2. The molecule has 2 fully saturated rings. The first kappa shape index (κ1) is 23.2. The number of rotatable bonds is 6. The third-order valence-electron chi connectivity index (χ3n) is 5.94. The van der Waals surface area contributed by atoms with E-state index >= 15 is 0 Å². The number of benzene rings is 1. The van der Waals surface area contributed by atoms with Gasteiger partial charge in [0, 0.05) is 30.6 Å². The number of morpholine rings is 1. The van der Waals surface area contributed by atoms with Crippen LogP contribution in [0.3, 0.4) is 0 Å². The Morgan fingerprint density at radius 2 is 1.94 bits per heavy atom. The van der Waals surface area contributed by atoms with Crippen LogP contribution in [0.4, 0.5) is 9.93 Å². The molecule has 1 aromatic carbocycles. The molecule has 0 spiro atoms. The number of amides is 4. The van der Waals surface area contributed by atoms with Crippen molar-refractivity contribution < 1.29 is 19.1 Å². The van der Waals surface area contributed by atoms with Gasteiger partial charge < -0.3 is 25.2 Å². The van der Waals surface area contributed by atoms with E-state index < -0.39 is 12.1 Å². The van der Waals surface area contributed by atoms with E-state index in [1.807, 2.05) is 42.6 Å². The van der Waals surface area contributed by atoms with E-state index in [1.165, 1.54) is 11.3 Å². The summed E-state index contributed by atoms with van der Waals surface area (Å²) in [6.07, 6.45) is 1.78. The van der Waals surface area contributed by atoms with Crippen LogP contribution in [-0.4, -0.2) is 77.6 Å². The lowest BCUT2D eigenvalue weighted by molar-refractivity contribution is -0.138. The molecule has 33 heavy (non-hydrogen) atoms. The number of carbonyl (C=O) groups excluding carboxylic acids is 3. The molecule has 2 saturated heterocycles. The Morgan fingerprint density at radius 1 is 1.18 bits per heavy atom. The van der Waals surface area contributed by atoms with E-state index in [1.54, 1.807) is 9.80 Å². The van der Waals surface area contributed by atoms with Crippen molar-refractivity contribution in [2.24, 2.45) is 0 Å². The molecule has 3 heterocycles. The van der Waals surface area contributed by atoms with Crippen molar-refractivity contribution in [2.45, 2.75) is 38.3 Å². The zero-order chi connectivity index (χ0) is 23.2. The fourth-order valence-corrected chi connectivity index (χ4v) is 4.83. The lowest BCUT2D eigenvalue weighted by Crippen LogP contribution is -2.55. The Kier molecular flexibility index (Phi) is 7.56. The fourth-order valence-electron chi connectivity index (χ4n) is 4.11. The molecule has 0 radical (unpaired) electrons. The molecule has 0 unspecified atom stereocenters. The van der Waals surface area contributed by atoms with Gasteiger partial charge in [-0.25, -0.2) is 9.78 Å². The average Bonchev–Trinajstić information content (AvgIpc) is 3.53. The minimum atomic E-state index is -0.668. The van der Waals surface area contributed by atoms with Gasteiger partial charge in [0.15, 0.2) is 5.13 Å². The van der Waals surface area contributed by atoms with Crippen LogP contribution in [0.2, 0.25) is 0 Å². The van der Waals surface area contributed by atoms with Gasteiger partial charge >= 0.3 is 6.03 Å². The van der Waals surface area contributed by atoms with Gasteiger partial charge in [0.05, 0.1) is 18.9 Å². The van der Waals surface area contributed by atoms with Crippen LogP contribution in [0.15, 0.2) is 35.7 Å². The van der Waals surface area contributed by atoms with E-state index in [2.05, 4.69) is 15.6 Å². The molecule has 2 N–H and O–H groups in total. The number of thiazole rings is 1. The second-order valence-electron chi connectivity index (χ2n) is 8.09. The Labute approximate surface area is 197 Å². The summed E-state index contributed by atoms with van der Waals surface area (Å²) in [7, 11) is 0. The lowest BCUT2D eigenvalue weighted by atomic mass is 10.1. The molecule has 4 amide bonds. The van der Waals surface area contributed by atoms with Crippen LogP contribution in [-0.2, 0) is 14.3 Å². The molecular weight excluding hydrogens is 442 g/mol. The van der Waals surface area contributed by atoms with Crippen molar-refractivity contribution in [3.8, 4) is 11.3 Å². The SMILES string of the molecule is CC[C@@H](NC(=O)N1CCOCC1)C(=O)N1CCC[C@H]1C(=O)Nc1nc(-c2ccccc2)cs1. The highest BCUT2D eigenvalue weighted by molar-refractivity contribution is 7.14. The third kappa shape index (κ3) is 5.51. The van der Waals surface area contributed by atoms with Crippen molar-refractivity contribution in [3.05, 3.63) is 35.7 Å². The van der Waals surface area contributed by atoms with Gasteiger partial charge in [-0.3, -0.25) is 9.59 Å². The van der Waals surface area contributed by atoms with Crippen molar-refractivity contribution in [2.75, 3.05) is 38.2 Å². The van der Waals surface area contributed by atoms with Crippen LogP contribution in [0.25, 0.3) is 11.3 Å². The third-order valence-corrected chi connectivity index (χ3v) is 6.70. The smallest absolute Gasteiger partial charge is 0.318 e. The van der Waals surface area contributed by atoms with Crippen molar-refractivity contribution in [1.82, 2.24) is 20.1 Å². The second-order valence-corrected chi connectivity index (χ2v) is 8.95. The van der Waals surface area contributed by atoms with Gasteiger partial charge in [0.2, 0.25) is 11.8 Å². The summed E-state index contributed by atoms with van der Waals surface area (Å²) in [4.78, 5) is 46.6. The minimum absolute atomic E-state index is 0.221. The lowest BCUT2D eigenvalue weighted by Gasteiger charge is -2.31. The topological polar surface area (TPSA) is 104 Å². The van der Waals surface area contributed by atoms with E-state index in [-0.39, 0.29) is 17.8 Å². The summed E-state index contributed by atoms with van der Waals surface area (Å²) in [5.41, 5.74) is 1.78. The molecule has 0 bridgehead atoms. The fraction of sp³-hybridized carbons (Fsp3) is 0.478. The molecule has 2 aromatic rings. The van der Waals surface area contributed by atoms with Crippen LogP contribution >= 0.6 is 11.3 Å². The Balaban J connectivity index is 1.38. The number of hydrogen-bond acceptors (Lipinski definition) is 6. The summed E-state index contributed by atoms with van der Waals surface area (Å²) in [6.45, 7) is 4.35. The molecular formula is C23H29N5O4S. The standard InChI is InChI=1S/C23H29N5O4S/c1-2-17(25-23(31)27-11-13-32-14-12-27)21(30)28-10-6-9-19(28)20(29)26-22-24-18(15-33-22)16-7-4-3-5-8-16/h3-5,7-8,15,17,19H,2,6,9-14H2,1H3,(H,25,31)(H,24,26,29)/t17-,19+/m1/s1. The summed E-state index contributed by atoms with van der Waals surface area (Å²) < 4.78 is 5.28. The highest BCUT2D eigenvalue weighted by Crippen LogP contribution is 2.26. The number of carbonyl (C=O) groups is 3. The van der Waals surface area contributed by atoms with Gasteiger partial charge in [0.25, 0.3) is 0 Å². The molecule has 4 rings (SSSR count). The van der Waals surface area contributed by atoms with Gasteiger partial charge in [-0.2, -0.15) is 0 Å². The molecule has 10 heteroatoms. The van der Waals surface area contributed by atoms with Crippen LogP contribution in [0, 0.1) is 0 Å². The van der Waals surface area contributed by atoms with Crippen LogP contribution in [0.5, 0.6) is 0 Å². The number of hydrogen-bond donors (Lipinski definition) is 2. The van der Waals surface area contributed by atoms with E-state index in [9.17, 15) is 14.4 Å². The van der Waals surface area contributed by atoms with Crippen LogP contribution in [0.1, 0.15) is 26.2 Å². The number of likely N-dealkylation sites (tertiary alicyclic amines) is 1. The van der Waals surface area contributed by atoms with E-state index in [4.69, 9.17) is 4.74 Å². The molecule has 9 nitrogen and oxygen atoms in total. The van der Waals surface area contributed by atoms with Crippen molar-refractivity contribution in [1.29, 1.82) is 0 Å². The Bertz CT molecular complexity index is 976. The number of anilines is 1. The number of aromatic nitrogens is 1. The predicted octanol–water partition coefficient (Wildman–Crippen LogP) is 2.56. The van der Waals surface area contributed by atoms with E-state index in [0.29, 0.717) is 50.8 Å². The predicted molar refractivity (Wildman–Crippen MR) is 126 cm³/mol. The highest BCUT2D eigenvalue weighted by Gasteiger charge is 2.37. The molecule has 0 saturated carbocycles. The van der Waals surface area contributed by atoms with Crippen molar-refractivity contribution >= 4 is 34.3 Å². The Morgan fingerprint density at radius 3 is 2.67 bits per heavy atom. The maximum atomic E-state index is 13.2. The number of nitrogens with one attached hydrogen (secondary N) is 2. The first-order valence-electron chi connectivity index (χ1n) is 11.3. The summed E-state index contributed by atoms with van der Waals surface area (Å²) in [6, 6.07) is 8.25. The number of nitrogens with zero attached hydrogens (tertiary/aromatic N) is 3. The molecule has 1 aromatic heterocycles. The maximum absolute atomic E-state index is 13.2. The molecule has 0 aliphatic carbocycles. The van der Waals surface area contributed by atoms with Gasteiger partial charge in [-0.05, 0) is 19.3 Å². The molecule has 2 aliphatic heterocycles.